The standard InChI is InChI=1S/C11H15BrN6/c1-4-5-13-11-14-6-9(12)10(16-11)18-8(3)15-7(2)17-18/h6H,4-5H2,1-3H3,(H,13,14,16). The van der Waals surface area contributed by atoms with Gasteiger partial charge in [0.1, 0.15) is 11.6 Å². The molecule has 2 heterocycles. The smallest absolute Gasteiger partial charge is 0.224 e. The molecule has 0 unspecified atom stereocenters. The fourth-order valence-corrected chi connectivity index (χ4v) is 1.91. The highest BCUT2D eigenvalue weighted by atomic mass is 79.9. The minimum absolute atomic E-state index is 0.600. The quantitative estimate of drug-likeness (QED) is 0.938. The lowest BCUT2D eigenvalue weighted by Gasteiger charge is -2.07. The van der Waals surface area contributed by atoms with Crippen molar-refractivity contribution in [1.29, 1.82) is 0 Å². The van der Waals surface area contributed by atoms with Crippen molar-refractivity contribution in [2.45, 2.75) is 27.2 Å². The van der Waals surface area contributed by atoms with Crippen molar-refractivity contribution in [3.05, 3.63) is 22.3 Å². The minimum Gasteiger partial charge on any atom is -0.354 e. The molecule has 2 aromatic rings. The number of aromatic nitrogens is 5. The summed E-state index contributed by atoms with van der Waals surface area (Å²) in [6.07, 6.45) is 2.74. The molecular weight excluding hydrogens is 296 g/mol. The van der Waals surface area contributed by atoms with Crippen LogP contribution in [-0.2, 0) is 0 Å². The molecule has 0 fully saturated rings. The molecule has 0 saturated heterocycles. The van der Waals surface area contributed by atoms with E-state index in [-0.39, 0.29) is 0 Å². The summed E-state index contributed by atoms with van der Waals surface area (Å²) in [6.45, 7) is 6.69. The molecule has 0 aromatic carbocycles. The molecule has 18 heavy (non-hydrogen) atoms. The van der Waals surface area contributed by atoms with E-state index in [1.807, 2.05) is 13.8 Å². The molecule has 0 saturated carbocycles. The van der Waals surface area contributed by atoms with Gasteiger partial charge in [0.15, 0.2) is 5.82 Å². The van der Waals surface area contributed by atoms with Crippen LogP contribution in [0.25, 0.3) is 5.82 Å². The van der Waals surface area contributed by atoms with Gasteiger partial charge in [0, 0.05) is 12.7 Å². The number of hydrogen-bond donors (Lipinski definition) is 1. The van der Waals surface area contributed by atoms with E-state index in [1.165, 1.54) is 0 Å². The molecule has 0 atom stereocenters. The Bertz CT molecular complexity index is 550. The lowest BCUT2D eigenvalue weighted by Crippen LogP contribution is -2.09. The molecule has 0 radical (unpaired) electrons. The summed E-state index contributed by atoms with van der Waals surface area (Å²) in [5.41, 5.74) is 0. The first-order valence-electron chi connectivity index (χ1n) is 5.79. The van der Waals surface area contributed by atoms with Crippen LogP contribution in [0.1, 0.15) is 25.0 Å². The number of anilines is 1. The molecule has 6 nitrogen and oxygen atoms in total. The van der Waals surface area contributed by atoms with Crippen LogP contribution in [0.3, 0.4) is 0 Å². The summed E-state index contributed by atoms with van der Waals surface area (Å²) in [5.74, 6) is 2.82. The van der Waals surface area contributed by atoms with Crippen molar-refractivity contribution in [1.82, 2.24) is 24.7 Å². The minimum atomic E-state index is 0.600. The third-order valence-corrected chi connectivity index (χ3v) is 2.89. The van der Waals surface area contributed by atoms with Crippen molar-refractivity contribution in [3.8, 4) is 5.82 Å². The topological polar surface area (TPSA) is 68.5 Å². The molecule has 2 rings (SSSR count). The van der Waals surface area contributed by atoms with Gasteiger partial charge in [-0.3, -0.25) is 0 Å². The molecule has 2 aromatic heterocycles. The molecule has 0 spiro atoms. The maximum absolute atomic E-state index is 4.45. The Morgan fingerprint density at radius 2 is 2.11 bits per heavy atom. The second kappa shape index (κ2) is 5.43. The van der Waals surface area contributed by atoms with E-state index in [4.69, 9.17) is 0 Å². The van der Waals surface area contributed by atoms with E-state index in [1.54, 1.807) is 10.9 Å². The molecule has 0 aliphatic rings. The van der Waals surface area contributed by atoms with Gasteiger partial charge in [-0.15, -0.1) is 5.10 Å². The highest BCUT2D eigenvalue weighted by molar-refractivity contribution is 9.10. The highest BCUT2D eigenvalue weighted by Crippen LogP contribution is 2.19. The van der Waals surface area contributed by atoms with Crippen LogP contribution >= 0.6 is 15.9 Å². The summed E-state index contributed by atoms with van der Waals surface area (Å²) >= 11 is 3.44. The van der Waals surface area contributed by atoms with Gasteiger partial charge in [-0.25, -0.2) is 9.97 Å². The molecule has 0 bridgehead atoms. The lowest BCUT2D eigenvalue weighted by molar-refractivity contribution is 0.792. The van der Waals surface area contributed by atoms with Crippen LogP contribution in [0.5, 0.6) is 0 Å². The Hall–Kier alpha value is -1.50. The zero-order valence-corrected chi connectivity index (χ0v) is 12.2. The first kappa shape index (κ1) is 12.9. The summed E-state index contributed by atoms with van der Waals surface area (Å²) < 4.78 is 2.50. The maximum Gasteiger partial charge on any atom is 0.224 e. The number of nitrogens with one attached hydrogen (secondary N) is 1. The van der Waals surface area contributed by atoms with E-state index >= 15 is 0 Å². The van der Waals surface area contributed by atoms with Crippen LogP contribution in [-0.4, -0.2) is 31.3 Å². The van der Waals surface area contributed by atoms with Crippen LogP contribution in [0.2, 0.25) is 0 Å². The fourth-order valence-electron chi connectivity index (χ4n) is 1.55. The third-order valence-electron chi connectivity index (χ3n) is 2.33. The number of aryl methyl sites for hydroxylation is 2. The lowest BCUT2D eigenvalue weighted by atomic mass is 10.5. The first-order chi connectivity index (χ1) is 8.61. The van der Waals surface area contributed by atoms with Gasteiger partial charge >= 0.3 is 0 Å². The van der Waals surface area contributed by atoms with Gasteiger partial charge in [0.05, 0.1) is 4.47 Å². The van der Waals surface area contributed by atoms with Crippen LogP contribution in [0.15, 0.2) is 10.7 Å². The van der Waals surface area contributed by atoms with Gasteiger partial charge in [-0.2, -0.15) is 9.67 Å². The van der Waals surface area contributed by atoms with Crippen LogP contribution in [0.4, 0.5) is 5.95 Å². The molecule has 96 valence electrons. The van der Waals surface area contributed by atoms with Gasteiger partial charge in [0.25, 0.3) is 0 Å². The fraction of sp³-hybridized carbons (Fsp3) is 0.455. The van der Waals surface area contributed by atoms with Gasteiger partial charge < -0.3 is 5.32 Å². The molecule has 0 aliphatic heterocycles. The van der Waals surface area contributed by atoms with Crippen molar-refractivity contribution in [2.24, 2.45) is 0 Å². The number of nitrogens with zero attached hydrogens (tertiary/aromatic N) is 5. The van der Waals surface area contributed by atoms with Gasteiger partial charge in [-0.05, 0) is 36.2 Å². The second-order valence-electron chi connectivity index (χ2n) is 3.91. The Morgan fingerprint density at radius 3 is 2.72 bits per heavy atom. The van der Waals surface area contributed by atoms with Crippen LogP contribution in [0, 0.1) is 13.8 Å². The van der Waals surface area contributed by atoms with E-state index in [9.17, 15) is 0 Å². The zero-order chi connectivity index (χ0) is 13.1. The third kappa shape index (κ3) is 2.66. The van der Waals surface area contributed by atoms with E-state index in [0.29, 0.717) is 11.8 Å². The summed E-state index contributed by atoms with van der Waals surface area (Å²) in [7, 11) is 0. The molecule has 1 N–H and O–H groups in total. The average molecular weight is 311 g/mol. The van der Waals surface area contributed by atoms with Gasteiger partial charge in [0.2, 0.25) is 5.95 Å². The SMILES string of the molecule is CCCNc1ncc(Br)c(-n2nc(C)nc2C)n1. The number of halogens is 1. The normalized spacial score (nSPS) is 10.7. The van der Waals surface area contributed by atoms with Crippen molar-refractivity contribution < 1.29 is 0 Å². The monoisotopic (exact) mass is 310 g/mol. The van der Waals surface area contributed by atoms with Crippen molar-refractivity contribution in [2.75, 3.05) is 11.9 Å². The van der Waals surface area contributed by atoms with E-state index < -0.39 is 0 Å². The summed E-state index contributed by atoms with van der Waals surface area (Å²) in [4.78, 5) is 12.9. The number of hydrogen-bond acceptors (Lipinski definition) is 5. The first-order valence-corrected chi connectivity index (χ1v) is 6.58. The zero-order valence-electron chi connectivity index (χ0n) is 10.6. The molecular formula is C11H15BrN6. The molecule has 0 amide bonds. The van der Waals surface area contributed by atoms with Gasteiger partial charge in [-0.1, -0.05) is 6.92 Å². The largest absolute Gasteiger partial charge is 0.354 e. The Kier molecular flexibility index (Phi) is 3.90. The Balaban J connectivity index is 2.40. The van der Waals surface area contributed by atoms with Crippen molar-refractivity contribution in [3.63, 3.8) is 0 Å². The highest BCUT2D eigenvalue weighted by Gasteiger charge is 2.11. The van der Waals surface area contributed by atoms with Crippen molar-refractivity contribution >= 4 is 21.9 Å². The summed E-state index contributed by atoms with van der Waals surface area (Å²) in [5, 5.41) is 7.47. The Morgan fingerprint density at radius 1 is 1.33 bits per heavy atom. The van der Waals surface area contributed by atoms with E-state index in [2.05, 4.69) is 48.2 Å². The molecule has 7 heteroatoms. The van der Waals surface area contributed by atoms with E-state index in [0.717, 1.165) is 29.1 Å². The predicted octanol–water partition coefficient (Wildman–Crippen LogP) is 2.26. The maximum atomic E-state index is 4.45. The number of rotatable bonds is 4. The predicted molar refractivity (Wildman–Crippen MR) is 72.9 cm³/mol. The average Bonchev–Trinajstić information content (AvgIpc) is 2.67. The summed E-state index contributed by atoms with van der Waals surface area (Å²) in [6, 6.07) is 0. The Labute approximate surface area is 114 Å². The second-order valence-corrected chi connectivity index (χ2v) is 4.76. The van der Waals surface area contributed by atoms with Crippen LogP contribution < -0.4 is 5.32 Å². The molecule has 0 aliphatic carbocycles.